The largest absolute Gasteiger partial charge is 0.281 e. The van der Waals surface area contributed by atoms with Gasteiger partial charge in [0.2, 0.25) is 0 Å². The molecule has 25 heavy (non-hydrogen) atoms. The van der Waals surface area contributed by atoms with Crippen LogP contribution in [0.5, 0.6) is 0 Å². The van der Waals surface area contributed by atoms with Gasteiger partial charge >= 0.3 is 0 Å². The number of nitrogens with one attached hydrogen (secondary N) is 1. The predicted molar refractivity (Wildman–Crippen MR) is 98.5 cm³/mol. The van der Waals surface area contributed by atoms with Crippen LogP contribution in [0.1, 0.15) is 50.5 Å². The zero-order valence-electron chi connectivity index (χ0n) is 13.9. The van der Waals surface area contributed by atoms with Gasteiger partial charge in [0.25, 0.3) is 11.6 Å². The average molecular weight is 357 g/mol. The van der Waals surface area contributed by atoms with Gasteiger partial charge in [-0.3, -0.25) is 14.9 Å². The van der Waals surface area contributed by atoms with E-state index in [9.17, 15) is 14.9 Å². The maximum absolute atomic E-state index is 12.2. The van der Waals surface area contributed by atoms with Gasteiger partial charge in [-0.05, 0) is 44.2 Å². The Kier molecular flexibility index (Phi) is 5.23. The molecule has 6 nitrogen and oxygen atoms in total. The van der Waals surface area contributed by atoms with Crippen molar-refractivity contribution in [2.75, 3.05) is 0 Å². The van der Waals surface area contributed by atoms with Crippen LogP contribution in [0.4, 0.5) is 5.69 Å². The molecule has 1 amide bonds. The lowest BCUT2D eigenvalue weighted by atomic mass is 10.1. The smallest absolute Gasteiger partial charge is 0.266 e. The number of carbonyl (C=O) groups is 1. The van der Waals surface area contributed by atoms with Crippen LogP contribution in [0.15, 0.2) is 29.4 Å². The third-order valence-electron chi connectivity index (χ3n) is 4.28. The molecule has 0 unspecified atom stereocenters. The second-order valence-electron chi connectivity index (χ2n) is 6.12. The molecule has 3 rings (SSSR count). The Morgan fingerprint density at radius 2 is 2.08 bits per heavy atom. The van der Waals surface area contributed by atoms with E-state index in [0.29, 0.717) is 16.0 Å². The van der Waals surface area contributed by atoms with Crippen LogP contribution in [0.3, 0.4) is 0 Å². The number of nitrogens with zero attached hydrogens (tertiary/aromatic N) is 2. The first-order chi connectivity index (χ1) is 12.0. The third-order valence-corrected chi connectivity index (χ3v) is 5.52. The Bertz CT molecular complexity index is 819. The number of fused-ring (bicyclic) bond motifs is 1. The lowest BCUT2D eigenvalue weighted by Crippen LogP contribution is -2.16. The van der Waals surface area contributed by atoms with E-state index in [1.165, 1.54) is 53.3 Å². The van der Waals surface area contributed by atoms with Crippen molar-refractivity contribution in [3.8, 4) is 0 Å². The Labute approximate surface area is 149 Å². The van der Waals surface area contributed by atoms with E-state index >= 15 is 0 Å². The van der Waals surface area contributed by atoms with Crippen LogP contribution in [0, 0.1) is 17.0 Å². The van der Waals surface area contributed by atoms with Crippen molar-refractivity contribution in [2.24, 2.45) is 5.10 Å². The van der Waals surface area contributed by atoms with Gasteiger partial charge in [-0.25, -0.2) is 5.43 Å². The predicted octanol–water partition coefficient (Wildman–Crippen LogP) is 4.00. The number of thiophene rings is 1. The number of aryl methyl sites for hydroxylation is 3. The SMILES string of the molecule is Cc1ccc(/C=N\NC(=O)c2cc3c(s2)CCCCC3)cc1[N+](=O)[O-]. The summed E-state index contributed by atoms with van der Waals surface area (Å²) in [6, 6.07) is 6.80. The first-order valence-electron chi connectivity index (χ1n) is 8.24. The van der Waals surface area contributed by atoms with E-state index in [0.717, 1.165) is 12.8 Å². The van der Waals surface area contributed by atoms with Crippen LogP contribution in [0.2, 0.25) is 0 Å². The molecular formula is C18H19N3O3S. The molecule has 0 saturated carbocycles. The first-order valence-corrected chi connectivity index (χ1v) is 9.06. The fourth-order valence-electron chi connectivity index (χ4n) is 2.90. The standard InChI is InChI=1S/C18H19N3O3S/c1-12-7-8-13(9-15(12)21(23)24)11-19-20-18(22)17-10-14-5-3-2-4-6-16(14)25-17/h7-11H,2-6H2,1H3,(H,20,22)/b19-11-. The Morgan fingerprint density at radius 1 is 1.28 bits per heavy atom. The third kappa shape index (κ3) is 4.11. The molecule has 0 aliphatic heterocycles. The normalized spacial score (nSPS) is 14.1. The summed E-state index contributed by atoms with van der Waals surface area (Å²) in [5, 5.41) is 14.9. The van der Waals surface area contributed by atoms with E-state index in [1.807, 2.05) is 6.07 Å². The van der Waals surface area contributed by atoms with E-state index in [1.54, 1.807) is 19.1 Å². The van der Waals surface area contributed by atoms with Gasteiger partial charge in [0.1, 0.15) is 0 Å². The molecule has 1 heterocycles. The monoisotopic (exact) mass is 357 g/mol. The quantitative estimate of drug-likeness (QED) is 0.388. The molecule has 0 fully saturated rings. The first kappa shape index (κ1) is 17.3. The van der Waals surface area contributed by atoms with Gasteiger partial charge in [0.15, 0.2) is 0 Å². The summed E-state index contributed by atoms with van der Waals surface area (Å²) in [5.74, 6) is -0.240. The highest BCUT2D eigenvalue weighted by atomic mass is 32.1. The highest BCUT2D eigenvalue weighted by Gasteiger charge is 2.16. The second kappa shape index (κ2) is 7.57. The molecule has 1 N–H and O–H groups in total. The number of hydrazone groups is 1. The lowest BCUT2D eigenvalue weighted by Gasteiger charge is -1.99. The van der Waals surface area contributed by atoms with Crippen molar-refractivity contribution in [1.82, 2.24) is 5.43 Å². The molecule has 0 spiro atoms. The zero-order chi connectivity index (χ0) is 17.8. The van der Waals surface area contributed by atoms with E-state index in [-0.39, 0.29) is 11.6 Å². The Hall–Kier alpha value is -2.54. The fraction of sp³-hybridized carbons (Fsp3) is 0.333. The summed E-state index contributed by atoms with van der Waals surface area (Å²) < 4.78 is 0. The molecule has 130 valence electrons. The molecule has 7 heteroatoms. The highest BCUT2D eigenvalue weighted by molar-refractivity contribution is 7.14. The second-order valence-corrected chi connectivity index (χ2v) is 7.26. The van der Waals surface area contributed by atoms with Crippen molar-refractivity contribution in [3.63, 3.8) is 0 Å². The fourth-order valence-corrected chi connectivity index (χ4v) is 4.05. The highest BCUT2D eigenvalue weighted by Crippen LogP contribution is 2.28. The number of amides is 1. The van der Waals surface area contributed by atoms with Crippen LogP contribution in [-0.4, -0.2) is 17.0 Å². The number of nitro benzene ring substituents is 1. The van der Waals surface area contributed by atoms with Gasteiger partial charge in [0.05, 0.1) is 16.0 Å². The summed E-state index contributed by atoms with van der Waals surface area (Å²) in [6.45, 7) is 1.68. The van der Waals surface area contributed by atoms with Gasteiger partial charge in [0, 0.05) is 22.1 Å². The van der Waals surface area contributed by atoms with Gasteiger partial charge in [-0.15, -0.1) is 11.3 Å². The van der Waals surface area contributed by atoms with E-state index in [2.05, 4.69) is 10.5 Å². The topological polar surface area (TPSA) is 84.6 Å². The van der Waals surface area contributed by atoms with Crippen LogP contribution < -0.4 is 5.43 Å². The maximum atomic E-state index is 12.2. The summed E-state index contributed by atoms with van der Waals surface area (Å²) in [5.41, 5.74) is 4.99. The minimum absolute atomic E-state index is 0.0391. The number of hydrogen-bond acceptors (Lipinski definition) is 5. The van der Waals surface area contributed by atoms with Crippen LogP contribution in [-0.2, 0) is 12.8 Å². The molecule has 0 atom stereocenters. The molecule has 1 aliphatic carbocycles. The average Bonchev–Trinajstić information content (AvgIpc) is 2.87. The molecule has 1 aromatic heterocycles. The molecule has 1 aromatic carbocycles. The molecule has 2 aromatic rings. The van der Waals surface area contributed by atoms with Crippen LogP contribution in [0.25, 0.3) is 0 Å². The number of carbonyl (C=O) groups excluding carboxylic acids is 1. The van der Waals surface area contributed by atoms with Gasteiger partial charge in [-0.2, -0.15) is 5.10 Å². The van der Waals surface area contributed by atoms with E-state index in [4.69, 9.17) is 0 Å². The van der Waals surface area contributed by atoms with Crippen molar-refractivity contribution in [3.05, 3.63) is 60.8 Å². The summed E-state index contributed by atoms with van der Waals surface area (Å²) in [6.07, 6.45) is 7.10. The summed E-state index contributed by atoms with van der Waals surface area (Å²) in [7, 11) is 0. The van der Waals surface area contributed by atoms with Crippen molar-refractivity contribution >= 4 is 29.1 Å². The molecular weight excluding hydrogens is 338 g/mol. The van der Waals surface area contributed by atoms with Crippen molar-refractivity contribution < 1.29 is 9.72 Å². The lowest BCUT2D eigenvalue weighted by molar-refractivity contribution is -0.385. The Morgan fingerprint density at radius 3 is 2.88 bits per heavy atom. The van der Waals surface area contributed by atoms with Gasteiger partial charge in [-0.1, -0.05) is 18.6 Å². The van der Waals surface area contributed by atoms with Crippen LogP contribution >= 0.6 is 11.3 Å². The number of benzene rings is 1. The van der Waals surface area contributed by atoms with Gasteiger partial charge < -0.3 is 0 Å². The van der Waals surface area contributed by atoms with E-state index < -0.39 is 4.92 Å². The number of rotatable bonds is 4. The zero-order valence-corrected chi connectivity index (χ0v) is 14.8. The molecule has 0 saturated heterocycles. The van der Waals surface area contributed by atoms with Crippen molar-refractivity contribution in [2.45, 2.75) is 39.0 Å². The minimum Gasteiger partial charge on any atom is -0.266 e. The van der Waals surface area contributed by atoms with Crippen molar-refractivity contribution in [1.29, 1.82) is 0 Å². The molecule has 0 bridgehead atoms. The maximum Gasteiger partial charge on any atom is 0.281 e. The summed E-state index contributed by atoms with van der Waals surface area (Å²) in [4.78, 5) is 24.7. The summed E-state index contributed by atoms with van der Waals surface area (Å²) >= 11 is 1.54. The Balaban J connectivity index is 1.67. The molecule has 1 aliphatic rings. The minimum atomic E-state index is -0.427. The molecule has 0 radical (unpaired) electrons. The number of hydrogen-bond donors (Lipinski definition) is 1. The number of nitro groups is 1.